The van der Waals surface area contributed by atoms with E-state index >= 15 is 0 Å². The normalized spacial score (nSPS) is 12.3. The fourth-order valence-electron chi connectivity index (χ4n) is 5.58. The van der Waals surface area contributed by atoms with Gasteiger partial charge in [-0.15, -0.1) is 0 Å². The van der Waals surface area contributed by atoms with Gasteiger partial charge in [0.25, 0.3) is 0 Å². The lowest BCUT2D eigenvalue weighted by molar-refractivity contribution is 0.158. The van der Waals surface area contributed by atoms with Crippen molar-refractivity contribution < 1.29 is 59.8 Å². The molecule has 12 heteroatoms. The first-order valence-electron chi connectivity index (χ1n) is 15.4. The molecule has 0 spiro atoms. The highest BCUT2D eigenvalue weighted by molar-refractivity contribution is 5.52. The predicted octanol–water partition coefficient (Wildman–Crippen LogP) is 4.88. The van der Waals surface area contributed by atoms with E-state index in [1.54, 1.807) is 12.1 Å². The van der Waals surface area contributed by atoms with Crippen LogP contribution >= 0.6 is 0 Å². The molecule has 0 aromatic heterocycles. The minimum Gasteiger partial charge on any atom is -0.504 e. The quantitative estimate of drug-likeness (QED) is 0.0712. The molecule has 4 aromatic carbocycles. The summed E-state index contributed by atoms with van der Waals surface area (Å²) < 4.78 is 22.9. The van der Waals surface area contributed by atoms with Gasteiger partial charge in [0, 0.05) is 13.2 Å². The van der Waals surface area contributed by atoms with Crippen molar-refractivity contribution in [3.8, 4) is 57.5 Å². The summed E-state index contributed by atoms with van der Waals surface area (Å²) in [5.74, 6) is -1.55. The van der Waals surface area contributed by atoms with Gasteiger partial charge in [-0.2, -0.15) is 0 Å². The second-order valence-electron chi connectivity index (χ2n) is 11.5. The fourth-order valence-corrected chi connectivity index (χ4v) is 5.58. The molecule has 8 N–H and O–H groups in total. The van der Waals surface area contributed by atoms with Crippen LogP contribution in [0.2, 0.25) is 0 Å². The van der Waals surface area contributed by atoms with E-state index in [1.165, 1.54) is 38.5 Å². The van der Waals surface area contributed by atoms with Gasteiger partial charge in [-0.05, 0) is 108 Å². The Balaban J connectivity index is 1.51. The Morgan fingerprint density at radius 3 is 1.31 bits per heavy atom. The molecular weight excluding hydrogens is 624 g/mol. The SMILES string of the molecule is COc1ccc(C[C@@H](CO)[C@H](CCCO)Cc2ccc(OC)c(OCc3cc(O)c(O)c(O)c3)c2)cc1OCc1cc(O)c(O)c(O)c1. The summed E-state index contributed by atoms with van der Waals surface area (Å²) in [7, 11) is 3.02. The summed E-state index contributed by atoms with van der Waals surface area (Å²) in [5, 5.41) is 78.9. The monoisotopic (exact) mass is 666 g/mol. The Morgan fingerprint density at radius 1 is 0.521 bits per heavy atom. The maximum Gasteiger partial charge on any atom is 0.200 e. The summed E-state index contributed by atoms with van der Waals surface area (Å²) in [5.41, 5.74) is 2.63. The highest BCUT2D eigenvalue weighted by Gasteiger charge is 2.23. The van der Waals surface area contributed by atoms with Crippen molar-refractivity contribution in [2.75, 3.05) is 27.4 Å². The molecule has 0 bridgehead atoms. The summed E-state index contributed by atoms with van der Waals surface area (Å²) in [6.07, 6.45) is 2.22. The molecule has 0 saturated carbocycles. The van der Waals surface area contributed by atoms with Crippen LogP contribution in [0.4, 0.5) is 0 Å². The number of aromatic hydroxyl groups is 6. The lowest BCUT2D eigenvalue weighted by Gasteiger charge is -2.27. The Bertz CT molecular complexity index is 1630. The Hall–Kier alpha value is -5.20. The van der Waals surface area contributed by atoms with E-state index in [1.807, 2.05) is 24.3 Å². The van der Waals surface area contributed by atoms with Crippen LogP contribution in [0.5, 0.6) is 57.5 Å². The number of methoxy groups -OCH3 is 2. The first kappa shape index (κ1) is 35.7. The van der Waals surface area contributed by atoms with Crippen molar-refractivity contribution in [3.05, 3.63) is 82.9 Å². The molecular formula is C36H42O12. The highest BCUT2D eigenvalue weighted by Crippen LogP contribution is 2.39. The number of hydrogen-bond donors (Lipinski definition) is 8. The fraction of sp³-hybridized carbons (Fsp3) is 0.333. The van der Waals surface area contributed by atoms with E-state index in [0.29, 0.717) is 59.8 Å². The second-order valence-corrected chi connectivity index (χ2v) is 11.5. The molecule has 0 amide bonds. The minimum atomic E-state index is -0.612. The summed E-state index contributed by atoms with van der Waals surface area (Å²) in [6, 6.07) is 16.1. The Morgan fingerprint density at radius 2 is 0.938 bits per heavy atom. The number of hydrogen-bond acceptors (Lipinski definition) is 12. The van der Waals surface area contributed by atoms with Crippen LogP contribution in [-0.4, -0.2) is 68.3 Å². The van der Waals surface area contributed by atoms with Gasteiger partial charge >= 0.3 is 0 Å². The Labute approximate surface area is 278 Å². The van der Waals surface area contributed by atoms with E-state index in [2.05, 4.69) is 0 Å². The van der Waals surface area contributed by atoms with Crippen molar-refractivity contribution in [1.82, 2.24) is 0 Å². The molecule has 4 rings (SSSR count). The number of ether oxygens (including phenoxy) is 4. The van der Waals surface area contributed by atoms with Crippen LogP contribution in [0.15, 0.2) is 60.7 Å². The second kappa shape index (κ2) is 16.6. The molecule has 4 aromatic rings. The van der Waals surface area contributed by atoms with Gasteiger partial charge in [0.15, 0.2) is 57.5 Å². The number of aliphatic hydroxyl groups excluding tert-OH is 2. The molecule has 0 saturated heterocycles. The summed E-state index contributed by atoms with van der Waals surface area (Å²) in [6.45, 7) is -0.162. The third kappa shape index (κ3) is 8.99. The van der Waals surface area contributed by atoms with Crippen molar-refractivity contribution in [2.24, 2.45) is 11.8 Å². The third-order valence-corrected chi connectivity index (χ3v) is 8.13. The smallest absolute Gasteiger partial charge is 0.200 e. The lowest BCUT2D eigenvalue weighted by Crippen LogP contribution is -2.24. The number of phenolic OH excluding ortho intramolecular Hbond substituents is 6. The number of rotatable bonds is 17. The number of benzene rings is 4. The van der Waals surface area contributed by atoms with Gasteiger partial charge < -0.3 is 59.8 Å². The summed E-state index contributed by atoms with van der Waals surface area (Å²) >= 11 is 0. The van der Waals surface area contributed by atoms with Gasteiger partial charge in [-0.1, -0.05) is 12.1 Å². The van der Waals surface area contributed by atoms with Crippen molar-refractivity contribution in [1.29, 1.82) is 0 Å². The molecule has 0 radical (unpaired) electrons. The van der Waals surface area contributed by atoms with Crippen molar-refractivity contribution in [3.63, 3.8) is 0 Å². The van der Waals surface area contributed by atoms with Crippen molar-refractivity contribution >= 4 is 0 Å². The maximum atomic E-state index is 10.6. The maximum absolute atomic E-state index is 10.6. The molecule has 0 aliphatic heterocycles. The van der Waals surface area contributed by atoms with Gasteiger partial charge in [-0.3, -0.25) is 0 Å². The van der Waals surface area contributed by atoms with Gasteiger partial charge in [-0.25, -0.2) is 0 Å². The average molecular weight is 667 g/mol. The molecule has 0 aliphatic rings. The van der Waals surface area contributed by atoms with E-state index < -0.39 is 34.5 Å². The summed E-state index contributed by atoms with van der Waals surface area (Å²) in [4.78, 5) is 0. The van der Waals surface area contributed by atoms with Crippen LogP contribution in [0, 0.1) is 11.8 Å². The zero-order chi connectivity index (χ0) is 34.8. The van der Waals surface area contributed by atoms with Crippen molar-refractivity contribution in [2.45, 2.75) is 38.9 Å². The largest absolute Gasteiger partial charge is 0.504 e. The molecule has 0 unspecified atom stereocenters. The van der Waals surface area contributed by atoms with Gasteiger partial charge in [0.05, 0.1) is 14.2 Å². The van der Waals surface area contributed by atoms with E-state index in [-0.39, 0.29) is 38.3 Å². The number of aliphatic hydroxyl groups is 2. The van der Waals surface area contributed by atoms with Gasteiger partial charge in [0.1, 0.15) is 13.2 Å². The van der Waals surface area contributed by atoms with Crippen LogP contribution in [0.1, 0.15) is 35.1 Å². The zero-order valence-electron chi connectivity index (χ0n) is 26.8. The van der Waals surface area contributed by atoms with Gasteiger partial charge in [0.2, 0.25) is 0 Å². The lowest BCUT2D eigenvalue weighted by atomic mass is 9.80. The zero-order valence-corrected chi connectivity index (χ0v) is 26.8. The molecule has 0 fully saturated rings. The Kier molecular flexibility index (Phi) is 12.3. The van der Waals surface area contributed by atoms with Crippen LogP contribution in [0.3, 0.4) is 0 Å². The molecule has 258 valence electrons. The topological polar surface area (TPSA) is 199 Å². The standard InChI is InChI=1S/C36H42O12/c1-45-31-7-5-21(16-33(31)47-19-23-12-27(39)35(43)28(40)13-23)10-25(4-3-9-37)26(18-38)11-22-6-8-32(46-2)34(17-22)48-20-24-14-29(41)36(44)30(42)15-24/h5-8,12-17,25-26,37-44H,3-4,9-11,18-20H2,1-2H3/t25-,26+/m1/s1. The van der Waals surface area contributed by atoms with Crippen LogP contribution in [-0.2, 0) is 26.1 Å². The van der Waals surface area contributed by atoms with Crippen LogP contribution < -0.4 is 18.9 Å². The van der Waals surface area contributed by atoms with E-state index in [4.69, 9.17) is 18.9 Å². The molecule has 48 heavy (non-hydrogen) atoms. The first-order valence-corrected chi connectivity index (χ1v) is 15.4. The number of phenols is 6. The molecule has 2 atom stereocenters. The first-order chi connectivity index (χ1) is 23.1. The third-order valence-electron chi connectivity index (χ3n) is 8.13. The highest BCUT2D eigenvalue weighted by atomic mass is 16.5. The molecule has 0 heterocycles. The van der Waals surface area contributed by atoms with E-state index in [0.717, 1.165) is 11.1 Å². The molecule has 0 aliphatic carbocycles. The predicted molar refractivity (Wildman–Crippen MR) is 175 cm³/mol. The van der Waals surface area contributed by atoms with Crippen LogP contribution in [0.25, 0.3) is 0 Å². The molecule has 12 nitrogen and oxygen atoms in total. The average Bonchev–Trinajstić information content (AvgIpc) is 3.08. The minimum absolute atomic E-state index is 0.000829. The van der Waals surface area contributed by atoms with E-state index in [9.17, 15) is 40.9 Å².